The fraction of sp³-hybridized carbons (Fsp3) is 0.296. The molecule has 0 fully saturated rings. The molecule has 0 bridgehead atoms. The van der Waals surface area contributed by atoms with Crippen LogP contribution >= 0.6 is 0 Å². The van der Waals surface area contributed by atoms with E-state index in [1.807, 2.05) is 0 Å². The van der Waals surface area contributed by atoms with Crippen molar-refractivity contribution in [1.29, 1.82) is 0 Å². The first-order valence-electron chi connectivity index (χ1n) is 11.6. The minimum Gasteiger partial charge on any atom is -0.497 e. The highest BCUT2D eigenvalue weighted by Gasteiger charge is 2.37. The third-order valence-corrected chi connectivity index (χ3v) is 5.74. The lowest BCUT2D eigenvalue weighted by Crippen LogP contribution is -2.40. The van der Waals surface area contributed by atoms with E-state index >= 15 is 0 Å². The van der Waals surface area contributed by atoms with Crippen LogP contribution in [0.5, 0.6) is 5.75 Å². The smallest absolute Gasteiger partial charge is 0.416 e. The van der Waals surface area contributed by atoms with Crippen molar-refractivity contribution in [2.45, 2.75) is 38.5 Å². The van der Waals surface area contributed by atoms with E-state index in [0.29, 0.717) is 23.4 Å². The molecule has 1 N–H and O–H groups in total. The number of nitrogens with one attached hydrogen (secondary N) is 1. The van der Waals surface area contributed by atoms with Crippen LogP contribution in [0.1, 0.15) is 40.8 Å². The second kappa shape index (κ2) is 12.4. The highest BCUT2D eigenvalue weighted by molar-refractivity contribution is 5.74. The lowest BCUT2D eigenvalue weighted by atomic mass is 10.0. The molecule has 0 aliphatic heterocycles. The number of methoxy groups -OCH3 is 1. The highest BCUT2D eigenvalue weighted by Crippen LogP contribution is 2.37. The first-order valence-corrected chi connectivity index (χ1v) is 11.6. The summed E-state index contributed by atoms with van der Waals surface area (Å²) in [4.78, 5) is 14.4. The third-order valence-electron chi connectivity index (χ3n) is 5.74. The average molecular weight is 558 g/mol. The fourth-order valence-electron chi connectivity index (χ4n) is 3.61. The largest absolute Gasteiger partial charge is 0.497 e. The monoisotopic (exact) mass is 558 g/mol. The number of rotatable bonds is 9. The predicted molar refractivity (Wildman–Crippen MR) is 128 cm³/mol. The number of carbonyl (C=O) groups excluding carboxylic acids is 1. The molecule has 39 heavy (non-hydrogen) atoms. The molecule has 5 nitrogen and oxygen atoms in total. The van der Waals surface area contributed by atoms with Gasteiger partial charge in [-0.3, -0.25) is 0 Å². The molecule has 0 aliphatic rings. The molecule has 3 aromatic carbocycles. The van der Waals surface area contributed by atoms with Gasteiger partial charge in [-0.2, -0.15) is 26.3 Å². The van der Waals surface area contributed by atoms with E-state index in [0.717, 1.165) is 5.56 Å². The summed E-state index contributed by atoms with van der Waals surface area (Å²) in [5.41, 5.74) is -1.91. The molecular formula is C27H25F7N2O3. The molecule has 0 heterocycles. The van der Waals surface area contributed by atoms with Gasteiger partial charge < -0.3 is 19.7 Å². The molecule has 210 valence electrons. The minimum absolute atomic E-state index is 0.0322. The summed E-state index contributed by atoms with van der Waals surface area (Å²) in [5, 5.41) is 2.47. The second-order valence-electron chi connectivity index (χ2n) is 8.60. The molecule has 0 saturated heterocycles. The van der Waals surface area contributed by atoms with Crippen LogP contribution in [0, 0.1) is 5.82 Å². The van der Waals surface area contributed by atoms with Gasteiger partial charge in [-0.25, -0.2) is 9.18 Å². The van der Waals surface area contributed by atoms with E-state index in [2.05, 4.69) is 5.32 Å². The van der Waals surface area contributed by atoms with Crippen LogP contribution in [0.3, 0.4) is 0 Å². The number of nitrogens with zero attached hydrogens (tertiary/aromatic N) is 1. The maximum Gasteiger partial charge on any atom is 0.416 e. The van der Waals surface area contributed by atoms with Crippen LogP contribution in [0.15, 0.2) is 66.7 Å². The molecule has 0 radical (unpaired) electrons. The van der Waals surface area contributed by atoms with Crippen molar-refractivity contribution in [1.82, 2.24) is 10.2 Å². The van der Waals surface area contributed by atoms with Crippen LogP contribution in [-0.4, -0.2) is 24.8 Å². The Morgan fingerprint density at radius 2 is 1.33 bits per heavy atom. The van der Waals surface area contributed by atoms with Gasteiger partial charge in [0.1, 0.15) is 18.3 Å². The number of halogens is 7. The summed E-state index contributed by atoms with van der Waals surface area (Å²) in [5.74, 6) is 0.162. The van der Waals surface area contributed by atoms with Crippen molar-refractivity contribution in [2.75, 3.05) is 13.8 Å². The van der Waals surface area contributed by atoms with Gasteiger partial charge in [0.2, 0.25) is 0 Å². The van der Waals surface area contributed by atoms with E-state index < -0.39 is 48.2 Å². The van der Waals surface area contributed by atoms with E-state index in [4.69, 9.17) is 9.47 Å². The van der Waals surface area contributed by atoms with E-state index in [1.165, 1.54) is 43.2 Å². The Bertz CT molecular complexity index is 1210. The molecular weight excluding hydrogens is 533 g/mol. The maximum absolute atomic E-state index is 13.3. The van der Waals surface area contributed by atoms with Crippen molar-refractivity contribution in [2.24, 2.45) is 0 Å². The lowest BCUT2D eigenvalue weighted by Gasteiger charge is -2.24. The average Bonchev–Trinajstić information content (AvgIpc) is 2.88. The van der Waals surface area contributed by atoms with Crippen molar-refractivity contribution in [3.8, 4) is 5.75 Å². The Hall–Kier alpha value is -3.80. The van der Waals surface area contributed by atoms with Gasteiger partial charge in [-0.05, 0) is 66.1 Å². The highest BCUT2D eigenvalue weighted by atomic mass is 19.4. The zero-order valence-electron chi connectivity index (χ0n) is 20.9. The first kappa shape index (κ1) is 29.8. The van der Waals surface area contributed by atoms with E-state index in [9.17, 15) is 35.5 Å². The fourth-order valence-corrected chi connectivity index (χ4v) is 3.61. The van der Waals surface area contributed by atoms with Crippen LogP contribution in [-0.2, 0) is 30.2 Å². The molecule has 1 atom stereocenters. The quantitative estimate of drug-likeness (QED) is 0.221. The van der Waals surface area contributed by atoms with Gasteiger partial charge >= 0.3 is 18.4 Å². The van der Waals surface area contributed by atoms with Crippen LogP contribution in [0.2, 0.25) is 0 Å². The minimum atomic E-state index is -4.99. The lowest BCUT2D eigenvalue weighted by molar-refractivity contribution is -0.143. The number of hydrogen-bond acceptors (Lipinski definition) is 3. The van der Waals surface area contributed by atoms with Gasteiger partial charge in [0.05, 0.1) is 24.3 Å². The maximum atomic E-state index is 13.3. The number of alkyl halides is 6. The summed E-state index contributed by atoms with van der Waals surface area (Å²) in [6.07, 6.45) is -11.2. The van der Waals surface area contributed by atoms with Crippen LogP contribution < -0.4 is 10.1 Å². The van der Waals surface area contributed by atoms with Gasteiger partial charge in [0, 0.05) is 13.1 Å². The van der Waals surface area contributed by atoms with Crippen LogP contribution in [0.4, 0.5) is 35.5 Å². The Balaban J connectivity index is 1.71. The number of benzene rings is 3. The zero-order valence-corrected chi connectivity index (χ0v) is 20.9. The van der Waals surface area contributed by atoms with Gasteiger partial charge in [0.15, 0.2) is 0 Å². The summed E-state index contributed by atoms with van der Waals surface area (Å²) >= 11 is 0. The second-order valence-corrected chi connectivity index (χ2v) is 8.60. The molecule has 0 spiro atoms. The molecule has 0 aromatic heterocycles. The normalized spacial score (nSPS) is 12.6. The Kier molecular flexibility index (Phi) is 9.44. The van der Waals surface area contributed by atoms with Gasteiger partial charge in [0.25, 0.3) is 0 Å². The Labute approximate surface area is 220 Å². The number of urea groups is 1. The summed E-state index contributed by atoms with van der Waals surface area (Å²) in [7, 11) is 1.51. The summed E-state index contributed by atoms with van der Waals surface area (Å²) in [6, 6.07) is 13.0. The Morgan fingerprint density at radius 3 is 1.79 bits per heavy atom. The third kappa shape index (κ3) is 8.60. The molecule has 0 saturated carbocycles. The molecule has 3 rings (SSSR count). The van der Waals surface area contributed by atoms with Crippen molar-refractivity contribution < 1.29 is 45.0 Å². The molecule has 12 heteroatoms. The summed E-state index contributed by atoms with van der Waals surface area (Å²) in [6.45, 7) is 0.983. The number of ether oxygens (including phenoxy) is 2. The first-order chi connectivity index (χ1) is 18.3. The summed E-state index contributed by atoms with van der Waals surface area (Å²) < 4.78 is 103. The van der Waals surface area contributed by atoms with E-state index in [-0.39, 0.29) is 24.7 Å². The van der Waals surface area contributed by atoms with E-state index in [1.54, 1.807) is 24.3 Å². The van der Waals surface area contributed by atoms with Crippen molar-refractivity contribution >= 4 is 6.03 Å². The van der Waals surface area contributed by atoms with Gasteiger partial charge in [-0.15, -0.1) is 0 Å². The molecule has 0 aliphatic carbocycles. The molecule has 3 aromatic rings. The standard InChI is InChI=1S/C27H25F7N2O3/c1-17(20-11-21(26(29,30)31)13-22(12-20)27(32,33)34)39-16-35-25(37)36(14-18-3-7-23(28)8-4-18)15-19-5-9-24(38-2)10-6-19/h3-13,17H,14-16H2,1-2H3,(H,35,37)/t17-/m1/s1. The predicted octanol–water partition coefficient (Wildman–Crippen LogP) is 7.32. The van der Waals surface area contributed by atoms with Crippen LogP contribution in [0.25, 0.3) is 0 Å². The SMILES string of the molecule is COc1ccc(CN(Cc2ccc(F)cc2)C(=O)NCO[C@H](C)c2cc(C(F)(F)F)cc(C(F)(F)F)c2)cc1. The topological polar surface area (TPSA) is 50.8 Å². The van der Waals surface area contributed by atoms with Crippen molar-refractivity contribution in [3.05, 3.63) is 100 Å². The zero-order chi connectivity index (χ0) is 28.8. The number of amides is 2. The Morgan fingerprint density at radius 1 is 0.846 bits per heavy atom. The number of carbonyl (C=O) groups is 1. The molecule has 0 unspecified atom stereocenters. The van der Waals surface area contributed by atoms with Gasteiger partial charge in [-0.1, -0.05) is 24.3 Å². The van der Waals surface area contributed by atoms with Crippen molar-refractivity contribution in [3.63, 3.8) is 0 Å². The number of hydrogen-bond donors (Lipinski definition) is 1. The molecule has 2 amide bonds.